The summed E-state index contributed by atoms with van der Waals surface area (Å²) >= 11 is 0. The fourth-order valence-corrected chi connectivity index (χ4v) is 2.19. The maximum Gasteiger partial charge on any atom is 0.0596 e. The highest BCUT2D eigenvalue weighted by Gasteiger charge is 2.09. The van der Waals surface area contributed by atoms with E-state index in [0.29, 0.717) is 0 Å². The average Bonchev–Trinajstić information content (AvgIpc) is 2.40. The SMILES string of the molecule is CN(C)c1ccccc1NCCN1CCOCC1. The van der Waals surface area contributed by atoms with Gasteiger partial charge in [0.05, 0.1) is 24.6 Å². The van der Waals surface area contributed by atoms with Gasteiger partial charge >= 0.3 is 0 Å². The minimum atomic E-state index is 0.869. The van der Waals surface area contributed by atoms with Crippen LogP contribution >= 0.6 is 0 Å². The van der Waals surface area contributed by atoms with Crippen LogP contribution in [0.1, 0.15) is 0 Å². The van der Waals surface area contributed by atoms with Crippen molar-refractivity contribution in [3.8, 4) is 0 Å². The Bertz CT molecular complexity index is 362. The fourth-order valence-electron chi connectivity index (χ4n) is 2.19. The van der Waals surface area contributed by atoms with Crippen LogP contribution in [0.3, 0.4) is 0 Å². The number of hydrogen-bond acceptors (Lipinski definition) is 4. The summed E-state index contributed by atoms with van der Waals surface area (Å²) in [6.07, 6.45) is 0. The van der Waals surface area contributed by atoms with Crippen molar-refractivity contribution in [2.45, 2.75) is 0 Å². The number of para-hydroxylation sites is 2. The first kappa shape index (κ1) is 13.2. The molecule has 0 unspecified atom stereocenters. The van der Waals surface area contributed by atoms with E-state index < -0.39 is 0 Å². The Balaban J connectivity index is 1.82. The second-order valence-electron chi connectivity index (χ2n) is 4.79. The van der Waals surface area contributed by atoms with Gasteiger partial charge in [0, 0.05) is 40.3 Å². The second-order valence-corrected chi connectivity index (χ2v) is 4.79. The summed E-state index contributed by atoms with van der Waals surface area (Å²) in [6.45, 7) is 5.90. The van der Waals surface area contributed by atoms with Crippen LogP contribution < -0.4 is 10.2 Å². The Morgan fingerprint density at radius 2 is 1.94 bits per heavy atom. The van der Waals surface area contributed by atoms with Gasteiger partial charge < -0.3 is 15.0 Å². The van der Waals surface area contributed by atoms with Crippen LogP contribution in [0.15, 0.2) is 24.3 Å². The summed E-state index contributed by atoms with van der Waals surface area (Å²) in [5.41, 5.74) is 2.44. The zero-order chi connectivity index (χ0) is 12.8. The normalized spacial score (nSPS) is 16.6. The molecule has 1 saturated heterocycles. The van der Waals surface area contributed by atoms with Crippen LogP contribution in [0, 0.1) is 0 Å². The highest BCUT2D eigenvalue weighted by Crippen LogP contribution is 2.22. The van der Waals surface area contributed by atoms with E-state index in [1.54, 1.807) is 0 Å². The second kappa shape index (κ2) is 6.61. The lowest BCUT2D eigenvalue weighted by Gasteiger charge is -2.27. The summed E-state index contributed by atoms with van der Waals surface area (Å²) < 4.78 is 5.35. The van der Waals surface area contributed by atoms with Gasteiger partial charge in [0.25, 0.3) is 0 Å². The molecule has 0 radical (unpaired) electrons. The molecule has 1 heterocycles. The predicted molar refractivity (Wildman–Crippen MR) is 76.5 cm³/mol. The van der Waals surface area contributed by atoms with Crippen molar-refractivity contribution in [3.05, 3.63) is 24.3 Å². The molecule has 0 atom stereocenters. The van der Waals surface area contributed by atoms with Gasteiger partial charge in [0.2, 0.25) is 0 Å². The third kappa shape index (κ3) is 3.62. The van der Waals surface area contributed by atoms with Crippen LogP contribution in [-0.4, -0.2) is 58.4 Å². The lowest BCUT2D eigenvalue weighted by Crippen LogP contribution is -2.39. The number of rotatable bonds is 5. The number of anilines is 2. The zero-order valence-corrected chi connectivity index (χ0v) is 11.4. The molecular weight excluding hydrogens is 226 g/mol. The monoisotopic (exact) mass is 249 g/mol. The van der Waals surface area contributed by atoms with Gasteiger partial charge in [0.1, 0.15) is 0 Å². The molecule has 4 nitrogen and oxygen atoms in total. The molecule has 1 aromatic carbocycles. The van der Waals surface area contributed by atoms with Gasteiger partial charge in [-0.2, -0.15) is 0 Å². The molecule has 0 bridgehead atoms. The number of benzene rings is 1. The zero-order valence-electron chi connectivity index (χ0n) is 11.4. The molecular formula is C14H23N3O. The standard InChI is InChI=1S/C14H23N3O/c1-16(2)14-6-4-3-5-13(14)15-7-8-17-9-11-18-12-10-17/h3-6,15H,7-12H2,1-2H3. The highest BCUT2D eigenvalue weighted by molar-refractivity contribution is 5.69. The minimum absolute atomic E-state index is 0.869. The van der Waals surface area contributed by atoms with Crippen molar-refractivity contribution < 1.29 is 4.74 Å². The Kier molecular flexibility index (Phi) is 4.84. The van der Waals surface area contributed by atoms with Gasteiger partial charge in [-0.05, 0) is 12.1 Å². The van der Waals surface area contributed by atoms with Crippen molar-refractivity contribution in [1.29, 1.82) is 0 Å². The van der Waals surface area contributed by atoms with Gasteiger partial charge in [-0.15, -0.1) is 0 Å². The molecule has 2 rings (SSSR count). The number of nitrogens with one attached hydrogen (secondary N) is 1. The molecule has 1 fully saturated rings. The van der Waals surface area contributed by atoms with Crippen LogP contribution in [-0.2, 0) is 4.74 Å². The first-order valence-corrected chi connectivity index (χ1v) is 6.57. The van der Waals surface area contributed by atoms with Crippen molar-refractivity contribution in [3.63, 3.8) is 0 Å². The Hall–Kier alpha value is -1.26. The molecule has 100 valence electrons. The molecule has 0 saturated carbocycles. The molecule has 1 aromatic rings. The van der Waals surface area contributed by atoms with Gasteiger partial charge in [0.15, 0.2) is 0 Å². The molecule has 0 aliphatic carbocycles. The van der Waals surface area contributed by atoms with Crippen LogP contribution in [0.25, 0.3) is 0 Å². The Morgan fingerprint density at radius 3 is 2.67 bits per heavy atom. The summed E-state index contributed by atoms with van der Waals surface area (Å²) in [5.74, 6) is 0. The third-order valence-corrected chi connectivity index (χ3v) is 3.23. The first-order chi connectivity index (χ1) is 8.77. The van der Waals surface area contributed by atoms with E-state index >= 15 is 0 Å². The van der Waals surface area contributed by atoms with Gasteiger partial charge in [-0.3, -0.25) is 4.90 Å². The predicted octanol–water partition coefficient (Wildman–Crippen LogP) is 1.50. The maximum atomic E-state index is 5.35. The topological polar surface area (TPSA) is 27.7 Å². The lowest BCUT2D eigenvalue weighted by atomic mass is 10.2. The van der Waals surface area contributed by atoms with Gasteiger partial charge in [-0.25, -0.2) is 0 Å². The third-order valence-electron chi connectivity index (χ3n) is 3.23. The molecule has 0 aromatic heterocycles. The Morgan fingerprint density at radius 1 is 1.22 bits per heavy atom. The van der Waals surface area contributed by atoms with E-state index in [1.807, 2.05) is 0 Å². The molecule has 1 aliphatic rings. The maximum absolute atomic E-state index is 5.35. The summed E-state index contributed by atoms with van der Waals surface area (Å²) in [6, 6.07) is 8.41. The van der Waals surface area contributed by atoms with Gasteiger partial charge in [-0.1, -0.05) is 12.1 Å². The minimum Gasteiger partial charge on any atom is -0.382 e. The fraction of sp³-hybridized carbons (Fsp3) is 0.571. The first-order valence-electron chi connectivity index (χ1n) is 6.57. The van der Waals surface area contributed by atoms with E-state index in [1.165, 1.54) is 11.4 Å². The van der Waals surface area contributed by atoms with Crippen molar-refractivity contribution in [1.82, 2.24) is 4.90 Å². The molecule has 1 aliphatic heterocycles. The van der Waals surface area contributed by atoms with E-state index in [-0.39, 0.29) is 0 Å². The van der Waals surface area contributed by atoms with E-state index in [9.17, 15) is 0 Å². The molecule has 4 heteroatoms. The molecule has 1 N–H and O–H groups in total. The number of hydrogen-bond donors (Lipinski definition) is 1. The quantitative estimate of drug-likeness (QED) is 0.856. The number of ether oxygens (including phenoxy) is 1. The van der Waals surface area contributed by atoms with Crippen LogP contribution in [0.5, 0.6) is 0 Å². The van der Waals surface area contributed by atoms with E-state index in [0.717, 1.165) is 39.4 Å². The van der Waals surface area contributed by atoms with E-state index in [2.05, 4.69) is 53.5 Å². The van der Waals surface area contributed by atoms with Crippen molar-refractivity contribution >= 4 is 11.4 Å². The molecule has 0 amide bonds. The number of nitrogens with zero attached hydrogens (tertiary/aromatic N) is 2. The smallest absolute Gasteiger partial charge is 0.0596 e. The molecule has 0 spiro atoms. The highest BCUT2D eigenvalue weighted by atomic mass is 16.5. The Labute approximate surface area is 110 Å². The molecule has 18 heavy (non-hydrogen) atoms. The van der Waals surface area contributed by atoms with E-state index in [4.69, 9.17) is 4.74 Å². The summed E-state index contributed by atoms with van der Waals surface area (Å²) in [7, 11) is 4.14. The summed E-state index contributed by atoms with van der Waals surface area (Å²) in [4.78, 5) is 4.58. The summed E-state index contributed by atoms with van der Waals surface area (Å²) in [5, 5.41) is 3.52. The van der Waals surface area contributed by atoms with Crippen LogP contribution in [0.2, 0.25) is 0 Å². The lowest BCUT2D eigenvalue weighted by molar-refractivity contribution is 0.0398. The largest absolute Gasteiger partial charge is 0.382 e. The van der Waals surface area contributed by atoms with Crippen molar-refractivity contribution in [2.75, 3.05) is 63.7 Å². The number of morpholine rings is 1. The average molecular weight is 249 g/mol. The van der Waals surface area contributed by atoms with Crippen molar-refractivity contribution in [2.24, 2.45) is 0 Å². The van der Waals surface area contributed by atoms with Crippen LogP contribution in [0.4, 0.5) is 11.4 Å².